The maximum Gasteiger partial charge on any atom is 0.0164 e. The zero-order valence-corrected chi connectivity index (χ0v) is 8.63. The minimum atomic E-state index is 0.855. The smallest absolute Gasteiger partial charge is 0.0164 e. The van der Waals surface area contributed by atoms with Crippen molar-refractivity contribution >= 4 is 12.6 Å². The van der Waals surface area contributed by atoms with Crippen LogP contribution in [-0.4, -0.2) is 55.3 Å². The molecular weight excluding hydrogens is 168 g/mol. The van der Waals surface area contributed by atoms with Gasteiger partial charge >= 0.3 is 0 Å². The molecule has 0 aromatic heterocycles. The van der Waals surface area contributed by atoms with Crippen LogP contribution in [-0.2, 0) is 0 Å². The molecular formula is C9H18N2S. The maximum absolute atomic E-state index is 4.12. The van der Waals surface area contributed by atoms with E-state index in [0.29, 0.717) is 0 Å². The van der Waals surface area contributed by atoms with E-state index in [-0.39, 0.29) is 0 Å². The van der Waals surface area contributed by atoms with E-state index < -0.39 is 0 Å². The van der Waals surface area contributed by atoms with Gasteiger partial charge in [0.2, 0.25) is 0 Å². The highest BCUT2D eigenvalue weighted by Gasteiger charge is 2.11. The molecule has 1 heterocycles. The van der Waals surface area contributed by atoms with Crippen LogP contribution < -0.4 is 0 Å². The predicted octanol–water partition coefficient (Wildman–Crippen LogP) is 0.720. The molecule has 0 amide bonds. The van der Waals surface area contributed by atoms with Gasteiger partial charge in [0.15, 0.2) is 0 Å². The fraction of sp³-hybridized carbons (Fsp3) is 0.778. The Hall–Kier alpha value is 0.01000. The summed E-state index contributed by atoms with van der Waals surface area (Å²) in [5, 5.41) is 0. The van der Waals surface area contributed by atoms with Crippen molar-refractivity contribution < 1.29 is 0 Å². The highest BCUT2D eigenvalue weighted by molar-refractivity contribution is 7.80. The number of nitrogens with zero attached hydrogens (tertiary/aromatic N) is 2. The summed E-state index contributed by atoms with van der Waals surface area (Å²) in [6, 6.07) is 0. The van der Waals surface area contributed by atoms with Crippen molar-refractivity contribution in [2.75, 3.05) is 45.5 Å². The summed E-state index contributed by atoms with van der Waals surface area (Å²) in [5.41, 5.74) is 0. The third kappa shape index (κ3) is 3.61. The highest BCUT2D eigenvalue weighted by atomic mass is 32.1. The molecule has 0 radical (unpaired) electrons. The van der Waals surface area contributed by atoms with Crippen LogP contribution in [0.15, 0.2) is 12.2 Å². The van der Waals surface area contributed by atoms with E-state index in [1.807, 2.05) is 0 Å². The SMILES string of the molecule is CN1CCN(CC=CCS)CC1. The lowest BCUT2D eigenvalue weighted by Crippen LogP contribution is -2.44. The van der Waals surface area contributed by atoms with Gasteiger partial charge in [-0.1, -0.05) is 12.2 Å². The molecule has 3 heteroatoms. The summed E-state index contributed by atoms with van der Waals surface area (Å²) in [4.78, 5) is 4.85. The average molecular weight is 186 g/mol. The molecule has 1 rings (SSSR count). The van der Waals surface area contributed by atoms with Crippen molar-refractivity contribution in [1.29, 1.82) is 0 Å². The molecule has 0 saturated carbocycles. The molecule has 0 bridgehead atoms. The summed E-state index contributed by atoms with van der Waals surface area (Å²) >= 11 is 4.12. The molecule has 0 aromatic carbocycles. The summed E-state index contributed by atoms with van der Waals surface area (Å²) in [5.74, 6) is 0.855. The van der Waals surface area contributed by atoms with E-state index in [4.69, 9.17) is 0 Å². The molecule has 0 spiro atoms. The Labute approximate surface area is 80.6 Å². The van der Waals surface area contributed by atoms with E-state index in [0.717, 1.165) is 12.3 Å². The number of piperazine rings is 1. The lowest BCUT2D eigenvalue weighted by Gasteiger charge is -2.31. The average Bonchev–Trinajstić information content (AvgIpc) is 2.09. The molecule has 1 fully saturated rings. The van der Waals surface area contributed by atoms with Crippen LogP contribution in [0.5, 0.6) is 0 Å². The van der Waals surface area contributed by atoms with Crippen molar-refractivity contribution in [3.63, 3.8) is 0 Å². The van der Waals surface area contributed by atoms with Crippen LogP contribution in [0.2, 0.25) is 0 Å². The third-order valence-corrected chi connectivity index (χ3v) is 2.44. The van der Waals surface area contributed by atoms with Crippen LogP contribution in [0, 0.1) is 0 Å². The highest BCUT2D eigenvalue weighted by Crippen LogP contribution is 1.98. The summed E-state index contributed by atoms with van der Waals surface area (Å²) < 4.78 is 0. The van der Waals surface area contributed by atoms with Gasteiger partial charge in [0.25, 0.3) is 0 Å². The second-order valence-electron chi connectivity index (χ2n) is 3.26. The van der Waals surface area contributed by atoms with Gasteiger partial charge in [-0.3, -0.25) is 4.90 Å². The molecule has 2 nitrogen and oxygen atoms in total. The molecule has 70 valence electrons. The minimum absolute atomic E-state index is 0.855. The predicted molar refractivity (Wildman–Crippen MR) is 56.9 cm³/mol. The van der Waals surface area contributed by atoms with Gasteiger partial charge < -0.3 is 4.90 Å². The number of hydrogen-bond acceptors (Lipinski definition) is 3. The molecule has 0 aliphatic carbocycles. The van der Waals surface area contributed by atoms with Crippen LogP contribution >= 0.6 is 12.6 Å². The van der Waals surface area contributed by atoms with Crippen molar-refractivity contribution in [3.05, 3.63) is 12.2 Å². The summed E-state index contributed by atoms with van der Waals surface area (Å²) in [6.45, 7) is 5.90. The third-order valence-electron chi connectivity index (χ3n) is 2.23. The monoisotopic (exact) mass is 186 g/mol. The fourth-order valence-corrected chi connectivity index (χ4v) is 1.48. The van der Waals surface area contributed by atoms with Crippen molar-refractivity contribution in [3.8, 4) is 0 Å². The first-order valence-electron chi connectivity index (χ1n) is 4.49. The Bertz CT molecular complexity index is 139. The van der Waals surface area contributed by atoms with Crippen LogP contribution in [0.25, 0.3) is 0 Å². The van der Waals surface area contributed by atoms with Gasteiger partial charge in [0, 0.05) is 38.5 Å². The van der Waals surface area contributed by atoms with Gasteiger partial charge in [-0.05, 0) is 7.05 Å². The fourth-order valence-electron chi connectivity index (χ4n) is 1.33. The van der Waals surface area contributed by atoms with Gasteiger partial charge in [-0.2, -0.15) is 12.6 Å². The standard InChI is InChI=1S/C9H18N2S/c1-10-5-7-11(8-6-10)4-2-3-9-12/h2-3,12H,4-9H2,1H3. The molecule has 0 atom stereocenters. The van der Waals surface area contributed by atoms with Gasteiger partial charge in [0.1, 0.15) is 0 Å². The minimum Gasteiger partial charge on any atom is -0.304 e. The van der Waals surface area contributed by atoms with Crippen molar-refractivity contribution in [2.45, 2.75) is 0 Å². The Morgan fingerprint density at radius 3 is 2.42 bits per heavy atom. The van der Waals surface area contributed by atoms with Crippen LogP contribution in [0.4, 0.5) is 0 Å². The summed E-state index contributed by atoms with van der Waals surface area (Å²) in [6.07, 6.45) is 4.32. The lowest BCUT2D eigenvalue weighted by atomic mass is 10.3. The maximum atomic E-state index is 4.12. The van der Waals surface area contributed by atoms with Gasteiger partial charge in [0.05, 0.1) is 0 Å². The van der Waals surface area contributed by atoms with Crippen LogP contribution in [0.1, 0.15) is 0 Å². The largest absolute Gasteiger partial charge is 0.304 e. The number of likely N-dealkylation sites (N-methyl/N-ethyl adjacent to an activating group) is 1. The van der Waals surface area contributed by atoms with E-state index >= 15 is 0 Å². The molecule has 1 saturated heterocycles. The van der Waals surface area contributed by atoms with E-state index in [2.05, 4.69) is 41.6 Å². The number of thiol groups is 1. The molecule has 12 heavy (non-hydrogen) atoms. The quantitative estimate of drug-likeness (QED) is 0.512. The molecule has 0 aromatic rings. The zero-order valence-electron chi connectivity index (χ0n) is 7.74. The first-order valence-corrected chi connectivity index (χ1v) is 5.13. The normalized spacial score (nSPS) is 22.2. The number of rotatable bonds is 3. The molecule has 1 aliphatic rings. The second kappa shape index (κ2) is 5.62. The Kier molecular flexibility index (Phi) is 4.73. The first kappa shape index (κ1) is 10.1. The second-order valence-corrected chi connectivity index (χ2v) is 3.62. The first-order chi connectivity index (χ1) is 5.83. The Morgan fingerprint density at radius 2 is 1.83 bits per heavy atom. The Morgan fingerprint density at radius 1 is 1.17 bits per heavy atom. The van der Waals surface area contributed by atoms with Crippen molar-refractivity contribution in [1.82, 2.24) is 9.80 Å². The topological polar surface area (TPSA) is 6.48 Å². The van der Waals surface area contributed by atoms with E-state index in [1.54, 1.807) is 0 Å². The van der Waals surface area contributed by atoms with Gasteiger partial charge in [-0.25, -0.2) is 0 Å². The lowest BCUT2D eigenvalue weighted by molar-refractivity contribution is 0.166. The molecule has 0 unspecified atom stereocenters. The van der Waals surface area contributed by atoms with Crippen LogP contribution in [0.3, 0.4) is 0 Å². The summed E-state index contributed by atoms with van der Waals surface area (Å²) in [7, 11) is 2.18. The molecule has 0 N–H and O–H groups in total. The van der Waals surface area contributed by atoms with Gasteiger partial charge in [-0.15, -0.1) is 0 Å². The van der Waals surface area contributed by atoms with E-state index in [9.17, 15) is 0 Å². The Balaban J connectivity index is 2.13. The molecule has 1 aliphatic heterocycles. The zero-order chi connectivity index (χ0) is 8.81. The number of hydrogen-bond donors (Lipinski definition) is 1. The van der Waals surface area contributed by atoms with E-state index in [1.165, 1.54) is 26.2 Å². The van der Waals surface area contributed by atoms with Crippen molar-refractivity contribution in [2.24, 2.45) is 0 Å².